The molecule has 2 aromatic rings. The monoisotopic (exact) mass is 517 g/mol. The minimum atomic E-state index is -0.267. The zero-order valence-corrected chi connectivity index (χ0v) is 22.1. The number of allylic oxidation sites excluding steroid dienone is 1. The molecular weight excluding hydrogens is 482 g/mol. The zero-order valence-electron chi connectivity index (χ0n) is 22.1. The number of cyclic esters (lactones) is 1. The first-order valence-electron chi connectivity index (χ1n) is 13.5. The predicted molar refractivity (Wildman–Crippen MR) is 144 cm³/mol. The molecule has 6 atom stereocenters. The van der Waals surface area contributed by atoms with Gasteiger partial charge < -0.3 is 19.6 Å². The smallest absolute Gasteiger partial charge is 0.409 e. The molecule has 1 amide bonds. The molecule has 8 nitrogen and oxygen atoms in total. The standard InChI is InChI=1S/C30H35N3O5/c1-4-37-30(35)33-13-12-25-23(17-33)15-27-28(19(3)38-29(27)34)26(25)11-10-24-9-8-22(16-31-24)21-7-5-6-20(14-21)18(2)32-36/h5-11,14,16,19,23,25-28,36H,4,12-13,15,17H2,1-3H3/b11-10+,32-18+/t19-,23?,25?,26?,27?,28?/m1/s1. The largest absolute Gasteiger partial charge is 0.462 e. The van der Waals surface area contributed by atoms with Crippen LogP contribution < -0.4 is 0 Å². The maximum atomic E-state index is 12.7. The van der Waals surface area contributed by atoms with E-state index in [0.717, 1.165) is 35.2 Å². The van der Waals surface area contributed by atoms with Crippen LogP contribution in [0.2, 0.25) is 0 Å². The lowest BCUT2D eigenvalue weighted by Gasteiger charge is -2.48. The van der Waals surface area contributed by atoms with E-state index < -0.39 is 0 Å². The van der Waals surface area contributed by atoms with Crippen LogP contribution in [0.4, 0.5) is 4.79 Å². The Morgan fingerprint density at radius 1 is 1.29 bits per heavy atom. The van der Waals surface area contributed by atoms with E-state index in [-0.39, 0.29) is 41.8 Å². The molecule has 8 heteroatoms. The van der Waals surface area contributed by atoms with Crippen LogP contribution in [0.15, 0.2) is 53.8 Å². The van der Waals surface area contributed by atoms with Crippen LogP contribution in [0.25, 0.3) is 17.2 Å². The van der Waals surface area contributed by atoms with E-state index in [2.05, 4.69) is 22.3 Å². The number of pyridine rings is 1. The molecule has 5 unspecified atom stereocenters. The fourth-order valence-corrected chi connectivity index (χ4v) is 6.60. The number of fused-ring (bicyclic) bond motifs is 2. The van der Waals surface area contributed by atoms with Crippen LogP contribution in [0.5, 0.6) is 0 Å². The van der Waals surface area contributed by atoms with Crippen molar-refractivity contribution in [3.8, 4) is 11.1 Å². The SMILES string of the molecule is CCOC(=O)N1CCC2C(CC3C(=O)O[C@H](C)C3C2/C=C/c2ccc(-c3cccc(/C(C)=N/O)c3)cn2)C1. The molecule has 3 aliphatic rings. The number of rotatable bonds is 5. The fraction of sp³-hybridized carbons (Fsp3) is 0.467. The van der Waals surface area contributed by atoms with Crippen LogP contribution in [-0.2, 0) is 14.3 Å². The summed E-state index contributed by atoms with van der Waals surface area (Å²) in [7, 11) is 0. The molecule has 1 N–H and O–H groups in total. The Hall–Kier alpha value is -3.68. The first-order valence-corrected chi connectivity index (χ1v) is 13.5. The highest BCUT2D eigenvalue weighted by atomic mass is 16.6. The summed E-state index contributed by atoms with van der Waals surface area (Å²) in [4.78, 5) is 31.6. The second-order valence-corrected chi connectivity index (χ2v) is 10.6. The van der Waals surface area contributed by atoms with Gasteiger partial charge in [0.15, 0.2) is 0 Å². The average molecular weight is 518 g/mol. The number of hydrogen-bond acceptors (Lipinski definition) is 7. The maximum absolute atomic E-state index is 12.7. The third-order valence-electron chi connectivity index (χ3n) is 8.46. The van der Waals surface area contributed by atoms with Gasteiger partial charge in [-0.3, -0.25) is 9.78 Å². The fourth-order valence-electron chi connectivity index (χ4n) is 6.60. The van der Waals surface area contributed by atoms with Crippen molar-refractivity contribution in [3.05, 3.63) is 59.9 Å². The highest BCUT2D eigenvalue weighted by Gasteiger charge is 2.54. The summed E-state index contributed by atoms with van der Waals surface area (Å²) in [6.07, 6.45) is 7.36. The van der Waals surface area contributed by atoms with Crippen LogP contribution in [0.3, 0.4) is 0 Å². The van der Waals surface area contributed by atoms with Gasteiger partial charge in [0.25, 0.3) is 0 Å². The predicted octanol–water partition coefficient (Wildman–Crippen LogP) is 5.25. The highest BCUT2D eigenvalue weighted by Crippen LogP contribution is 2.51. The summed E-state index contributed by atoms with van der Waals surface area (Å²) in [5.74, 6) is 0.649. The first-order chi connectivity index (χ1) is 18.4. The highest BCUT2D eigenvalue weighted by molar-refractivity contribution is 5.99. The van der Waals surface area contributed by atoms with Gasteiger partial charge in [-0.2, -0.15) is 0 Å². The number of hydrogen-bond donors (Lipinski definition) is 1. The summed E-state index contributed by atoms with van der Waals surface area (Å²) in [5, 5.41) is 12.4. The quantitative estimate of drug-likeness (QED) is 0.252. The minimum absolute atomic E-state index is 0.112. The molecule has 2 saturated heterocycles. The summed E-state index contributed by atoms with van der Waals surface area (Å²) < 4.78 is 10.9. The number of aromatic nitrogens is 1. The molecule has 38 heavy (non-hydrogen) atoms. The Kier molecular flexibility index (Phi) is 7.49. The number of likely N-dealkylation sites (tertiary alicyclic amines) is 1. The van der Waals surface area contributed by atoms with E-state index in [0.29, 0.717) is 31.3 Å². The molecule has 0 spiro atoms. The van der Waals surface area contributed by atoms with Gasteiger partial charge >= 0.3 is 12.1 Å². The number of carbonyl (C=O) groups is 2. The molecule has 1 saturated carbocycles. The van der Waals surface area contributed by atoms with Crippen LogP contribution in [-0.4, -0.2) is 58.7 Å². The summed E-state index contributed by atoms with van der Waals surface area (Å²) in [5.41, 5.74) is 4.23. The van der Waals surface area contributed by atoms with E-state index in [1.54, 1.807) is 11.8 Å². The van der Waals surface area contributed by atoms with Crippen LogP contribution >= 0.6 is 0 Å². The van der Waals surface area contributed by atoms with Crippen molar-refractivity contribution in [2.24, 2.45) is 34.7 Å². The van der Waals surface area contributed by atoms with Crippen molar-refractivity contribution >= 4 is 23.9 Å². The molecule has 5 rings (SSSR count). The van der Waals surface area contributed by atoms with E-state index in [4.69, 9.17) is 14.7 Å². The molecule has 2 aliphatic heterocycles. The Morgan fingerprint density at radius 3 is 2.87 bits per heavy atom. The summed E-state index contributed by atoms with van der Waals surface area (Å²) in [6.45, 7) is 7.22. The third-order valence-corrected chi connectivity index (χ3v) is 8.46. The third kappa shape index (κ3) is 5.04. The number of oxime groups is 1. The van der Waals surface area contributed by atoms with Gasteiger partial charge in [0, 0.05) is 30.8 Å². The van der Waals surface area contributed by atoms with Gasteiger partial charge in [0.2, 0.25) is 0 Å². The van der Waals surface area contributed by atoms with Crippen LogP contribution in [0, 0.1) is 29.6 Å². The lowest BCUT2D eigenvalue weighted by molar-refractivity contribution is -0.144. The van der Waals surface area contributed by atoms with Crippen LogP contribution in [0.1, 0.15) is 44.9 Å². The number of benzene rings is 1. The average Bonchev–Trinajstić information content (AvgIpc) is 3.23. The van der Waals surface area contributed by atoms with Crippen molar-refractivity contribution in [2.45, 2.75) is 39.7 Å². The Balaban J connectivity index is 1.36. The molecule has 0 bridgehead atoms. The van der Waals surface area contributed by atoms with Crippen molar-refractivity contribution in [1.82, 2.24) is 9.88 Å². The molecule has 0 radical (unpaired) electrons. The molecule has 1 aromatic carbocycles. The molecule has 1 aliphatic carbocycles. The second kappa shape index (κ2) is 11.0. The van der Waals surface area contributed by atoms with E-state index in [1.165, 1.54) is 0 Å². The van der Waals surface area contributed by atoms with Gasteiger partial charge in [0.05, 0.1) is 23.9 Å². The summed E-state index contributed by atoms with van der Waals surface area (Å²) >= 11 is 0. The Bertz CT molecular complexity index is 1240. The number of nitrogens with zero attached hydrogens (tertiary/aromatic N) is 3. The van der Waals surface area contributed by atoms with Gasteiger partial charge in [0.1, 0.15) is 6.10 Å². The second-order valence-electron chi connectivity index (χ2n) is 10.6. The zero-order chi connectivity index (χ0) is 26.8. The summed E-state index contributed by atoms with van der Waals surface area (Å²) in [6, 6.07) is 11.8. The number of amides is 1. The topological polar surface area (TPSA) is 101 Å². The van der Waals surface area contributed by atoms with Crippen molar-refractivity contribution in [1.29, 1.82) is 0 Å². The van der Waals surface area contributed by atoms with E-state index >= 15 is 0 Å². The first kappa shape index (κ1) is 25.9. The van der Waals surface area contributed by atoms with E-state index in [9.17, 15) is 9.59 Å². The number of carbonyl (C=O) groups excluding carboxylic acids is 2. The van der Waals surface area contributed by atoms with Gasteiger partial charge in [-0.25, -0.2) is 4.79 Å². The lowest BCUT2D eigenvalue weighted by Crippen LogP contribution is -2.51. The molecule has 3 fully saturated rings. The molecular formula is C30H35N3O5. The molecule has 200 valence electrons. The minimum Gasteiger partial charge on any atom is -0.462 e. The number of ether oxygens (including phenoxy) is 2. The van der Waals surface area contributed by atoms with Gasteiger partial charge in [-0.15, -0.1) is 0 Å². The maximum Gasteiger partial charge on any atom is 0.409 e. The molecule has 3 heterocycles. The van der Waals surface area contributed by atoms with Crippen molar-refractivity contribution in [2.75, 3.05) is 19.7 Å². The number of esters is 1. The normalized spacial score (nSPS) is 29.1. The lowest BCUT2D eigenvalue weighted by atomic mass is 9.59. The number of piperidine rings is 1. The molecule has 1 aromatic heterocycles. The Labute approximate surface area is 223 Å². The van der Waals surface area contributed by atoms with Gasteiger partial charge in [-0.1, -0.05) is 35.5 Å². The van der Waals surface area contributed by atoms with Crippen molar-refractivity contribution < 1.29 is 24.3 Å². The van der Waals surface area contributed by atoms with E-state index in [1.807, 2.05) is 56.4 Å². The Morgan fingerprint density at radius 2 is 2.13 bits per heavy atom. The van der Waals surface area contributed by atoms with Gasteiger partial charge in [-0.05, 0) is 80.7 Å². The van der Waals surface area contributed by atoms with Crippen molar-refractivity contribution in [3.63, 3.8) is 0 Å².